The van der Waals surface area contributed by atoms with Crippen molar-refractivity contribution in [1.82, 2.24) is 0 Å². The van der Waals surface area contributed by atoms with E-state index < -0.39 is 0 Å². The van der Waals surface area contributed by atoms with E-state index in [9.17, 15) is 0 Å². The Morgan fingerprint density at radius 3 is 1.71 bits per heavy atom. The molecule has 0 saturated heterocycles. The summed E-state index contributed by atoms with van der Waals surface area (Å²) in [7, 11) is 2.20. The molecule has 0 nitrogen and oxygen atoms in total. The number of rotatable bonds is 0. The summed E-state index contributed by atoms with van der Waals surface area (Å²) in [5.74, 6) is 0. The molecule has 0 aliphatic carbocycles. The second-order valence-electron chi connectivity index (χ2n) is 5.87. The molecule has 0 atom stereocenters. The van der Waals surface area contributed by atoms with E-state index in [2.05, 4.69) is 74.6 Å². The zero-order valence-electron chi connectivity index (χ0n) is 11.9. The topological polar surface area (TPSA) is 0 Å². The fourth-order valence-corrected chi connectivity index (χ4v) is 3.79. The summed E-state index contributed by atoms with van der Waals surface area (Å²) in [6.45, 7) is 0. The molecule has 21 heavy (non-hydrogen) atoms. The quantitative estimate of drug-likeness (QED) is 0.225. The van der Waals surface area contributed by atoms with Crippen molar-refractivity contribution in [3.63, 3.8) is 0 Å². The molecule has 0 unspecified atom stereocenters. The Morgan fingerprint density at radius 2 is 1.00 bits per heavy atom. The summed E-state index contributed by atoms with van der Waals surface area (Å²) >= 11 is 0. The van der Waals surface area contributed by atoms with E-state index in [4.69, 9.17) is 0 Å². The van der Waals surface area contributed by atoms with Crippen molar-refractivity contribution in [3.8, 4) is 0 Å². The van der Waals surface area contributed by atoms with Gasteiger partial charge >= 0.3 is 0 Å². The number of benzene rings is 5. The van der Waals surface area contributed by atoms with Gasteiger partial charge in [0.15, 0.2) is 0 Å². The molecule has 5 rings (SSSR count). The fraction of sp³-hybridized carbons (Fsp3) is 0. The molecular formula is C20H13B. The second-order valence-corrected chi connectivity index (χ2v) is 5.87. The molecule has 0 fully saturated rings. The van der Waals surface area contributed by atoms with E-state index >= 15 is 0 Å². The van der Waals surface area contributed by atoms with Crippen LogP contribution in [0.5, 0.6) is 0 Å². The van der Waals surface area contributed by atoms with Crippen LogP contribution in [0.3, 0.4) is 0 Å². The number of hydrogen-bond donors (Lipinski definition) is 0. The maximum absolute atomic E-state index is 2.28. The smallest absolute Gasteiger partial charge is 0.0812 e. The predicted molar refractivity (Wildman–Crippen MR) is 95.8 cm³/mol. The van der Waals surface area contributed by atoms with Crippen molar-refractivity contribution in [1.29, 1.82) is 0 Å². The molecule has 0 aromatic heterocycles. The van der Waals surface area contributed by atoms with Crippen LogP contribution >= 0.6 is 0 Å². The van der Waals surface area contributed by atoms with Gasteiger partial charge in [-0.15, -0.1) is 0 Å². The minimum absolute atomic E-state index is 1.33. The normalized spacial score (nSPS) is 12.0. The monoisotopic (exact) mass is 264 g/mol. The molecule has 1 heteroatoms. The first-order valence-electron chi connectivity index (χ1n) is 7.39. The van der Waals surface area contributed by atoms with Crippen molar-refractivity contribution in [2.24, 2.45) is 0 Å². The van der Waals surface area contributed by atoms with E-state index in [0.717, 1.165) is 0 Å². The second kappa shape index (κ2) is 3.76. The van der Waals surface area contributed by atoms with Crippen LogP contribution in [0.1, 0.15) is 0 Å². The molecule has 0 spiro atoms. The van der Waals surface area contributed by atoms with Crippen LogP contribution < -0.4 is 5.46 Å². The van der Waals surface area contributed by atoms with E-state index in [0.29, 0.717) is 0 Å². The summed E-state index contributed by atoms with van der Waals surface area (Å²) in [4.78, 5) is 0. The van der Waals surface area contributed by atoms with Gasteiger partial charge in [-0.05, 0) is 43.1 Å². The Bertz CT molecular complexity index is 1090. The van der Waals surface area contributed by atoms with Gasteiger partial charge < -0.3 is 0 Å². The number of hydrogen-bond acceptors (Lipinski definition) is 0. The van der Waals surface area contributed by atoms with Gasteiger partial charge in [-0.25, -0.2) is 0 Å². The highest BCUT2D eigenvalue weighted by Crippen LogP contribution is 2.39. The van der Waals surface area contributed by atoms with Crippen molar-refractivity contribution in [3.05, 3.63) is 66.7 Å². The van der Waals surface area contributed by atoms with Gasteiger partial charge in [0.25, 0.3) is 0 Å². The zero-order chi connectivity index (χ0) is 14.0. The third-order valence-electron chi connectivity index (χ3n) is 4.74. The maximum Gasteiger partial charge on any atom is 0.140 e. The molecule has 0 aliphatic heterocycles. The lowest BCUT2D eigenvalue weighted by Gasteiger charge is -2.15. The fourth-order valence-electron chi connectivity index (χ4n) is 3.79. The molecule has 0 saturated carbocycles. The lowest BCUT2D eigenvalue weighted by molar-refractivity contribution is 1.80. The minimum atomic E-state index is 1.33. The molecule has 5 aromatic rings. The molecule has 0 N–H and O–H groups in total. The van der Waals surface area contributed by atoms with Crippen molar-refractivity contribution >= 4 is 56.4 Å². The largest absolute Gasteiger partial charge is 0.140 e. The molecule has 0 amide bonds. The molecule has 0 bridgehead atoms. The third kappa shape index (κ3) is 1.31. The van der Waals surface area contributed by atoms with E-state index in [1.54, 1.807) is 0 Å². The molecule has 0 aliphatic rings. The Hall–Kier alpha value is -2.54. The standard InChI is InChI=1S/C20H13B/c21-18-11-10-16-14-7-2-5-12-4-1-6-13(19(12)14)15-8-3-9-17(18)20(15)16/h1-11H,21H2. The Balaban J connectivity index is 2.29. The summed E-state index contributed by atoms with van der Waals surface area (Å²) in [5, 5.41) is 11.0. The van der Waals surface area contributed by atoms with Gasteiger partial charge in [-0.3, -0.25) is 0 Å². The van der Waals surface area contributed by atoms with Crippen LogP contribution in [0.25, 0.3) is 43.1 Å². The van der Waals surface area contributed by atoms with Crippen LogP contribution in [0.15, 0.2) is 66.7 Å². The highest BCUT2D eigenvalue weighted by Gasteiger charge is 2.12. The van der Waals surface area contributed by atoms with Gasteiger partial charge in [0, 0.05) is 0 Å². The van der Waals surface area contributed by atoms with Crippen LogP contribution in [0.4, 0.5) is 0 Å². The van der Waals surface area contributed by atoms with Crippen molar-refractivity contribution in [2.45, 2.75) is 0 Å². The molecule has 0 radical (unpaired) electrons. The first-order valence-corrected chi connectivity index (χ1v) is 7.39. The molecule has 5 aromatic carbocycles. The maximum atomic E-state index is 2.28. The summed E-state index contributed by atoms with van der Waals surface area (Å²) < 4.78 is 0. The first-order chi connectivity index (χ1) is 10.3. The average molecular weight is 264 g/mol. The molecular weight excluding hydrogens is 251 g/mol. The van der Waals surface area contributed by atoms with E-state index in [1.807, 2.05) is 0 Å². The van der Waals surface area contributed by atoms with Gasteiger partial charge in [0.1, 0.15) is 7.85 Å². The van der Waals surface area contributed by atoms with Crippen LogP contribution in [0, 0.1) is 0 Å². The lowest BCUT2D eigenvalue weighted by Crippen LogP contribution is -2.03. The van der Waals surface area contributed by atoms with E-state index in [-0.39, 0.29) is 0 Å². The Kier molecular flexibility index (Phi) is 2.00. The Labute approximate surface area is 123 Å². The van der Waals surface area contributed by atoms with Gasteiger partial charge in [-0.1, -0.05) is 72.2 Å². The highest BCUT2D eigenvalue weighted by atomic mass is 14.1. The summed E-state index contributed by atoms with van der Waals surface area (Å²) in [6.07, 6.45) is 0. The van der Waals surface area contributed by atoms with Crippen LogP contribution in [0.2, 0.25) is 0 Å². The molecule has 0 heterocycles. The predicted octanol–water partition coefficient (Wildman–Crippen LogP) is 4.00. The zero-order valence-corrected chi connectivity index (χ0v) is 11.9. The lowest BCUT2D eigenvalue weighted by atomic mass is 9.84. The summed E-state index contributed by atoms with van der Waals surface area (Å²) in [5.41, 5.74) is 1.35. The SMILES string of the molecule is Bc1ccc2c3cccc4cccc(c5cccc1c52)c43. The first kappa shape index (κ1) is 11.2. The Morgan fingerprint density at radius 1 is 0.476 bits per heavy atom. The van der Waals surface area contributed by atoms with Gasteiger partial charge in [0.2, 0.25) is 0 Å². The average Bonchev–Trinajstić information content (AvgIpc) is 2.54. The van der Waals surface area contributed by atoms with E-state index in [1.165, 1.54) is 48.6 Å². The molecule has 96 valence electrons. The number of fused-ring (bicyclic) bond motifs is 2. The minimum Gasteiger partial charge on any atom is -0.0812 e. The van der Waals surface area contributed by atoms with Gasteiger partial charge in [0.05, 0.1) is 0 Å². The van der Waals surface area contributed by atoms with Crippen molar-refractivity contribution < 1.29 is 0 Å². The van der Waals surface area contributed by atoms with Crippen molar-refractivity contribution in [2.75, 3.05) is 0 Å². The third-order valence-corrected chi connectivity index (χ3v) is 4.74. The highest BCUT2D eigenvalue weighted by molar-refractivity contribution is 6.43. The van der Waals surface area contributed by atoms with Gasteiger partial charge in [-0.2, -0.15) is 0 Å². The van der Waals surface area contributed by atoms with Crippen LogP contribution in [-0.4, -0.2) is 7.85 Å². The summed E-state index contributed by atoms with van der Waals surface area (Å²) in [6, 6.07) is 24.5. The van der Waals surface area contributed by atoms with Crippen LogP contribution in [-0.2, 0) is 0 Å².